The van der Waals surface area contributed by atoms with Crippen LogP contribution in [0, 0.1) is 11.6 Å². The monoisotopic (exact) mass is 181 g/mol. The SMILES string of the molecule is Fc1ccc(N2CC=CC2)c(F)c1. The number of benzene rings is 1. The molecule has 1 nitrogen and oxygen atoms in total. The molecule has 0 atom stereocenters. The summed E-state index contributed by atoms with van der Waals surface area (Å²) in [6.45, 7) is 1.39. The highest BCUT2D eigenvalue weighted by Gasteiger charge is 2.12. The van der Waals surface area contributed by atoms with E-state index in [1.807, 2.05) is 17.1 Å². The van der Waals surface area contributed by atoms with Gasteiger partial charge in [0.05, 0.1) is 5.69 Å². The van der Waals surface area contributed by atoms with E-state index in [0.717, 1.165) is 6.07 Å². The second-order valence-corrected chi connectivity index (χ2v) is 2.97. The van der Waals surface area contributed by atoms with Gasteiger partial charge in [-0.2, -0.15) is 0 Å². The van der Waals surface area contributed by atoms with Crippen LogP contribution in [0.3, 0.4) is 0 Å². The molecule has 0 unspecified atom stereocenters. The number of halogens is 2. The van der Waals surface area contributed by atoms with E-state index < -0.39 is 11.6 Å². The predicted molar refractivity (Wildman–Crippen MR) is 47.7 cm³/mol. The summed E-state index contributed by atoms with van der Waals surface area (Å²) in [7, 11) is 0. The van der Waals surface area contributed by atoms with Crippen molar-refractivity contribution in [1.29, 1.82) is 0 Å². The summed E-state index contributed by atoms with van der Waals surface area (Å²) < 4.78 is 25.8. The Morgan fingerprint density at radius 3 is 2.38 bits per heavy atom. The van der Waals surface area contributed by atoms with Crippen LogP contribution >= 0.6 is 0 Å². The third-order valence-electron chi connectivity index (χ3n) is 2.07. The van der Waals surface area contributed by atoms with Crippen molar-refractivity contribution in [3.05, 3.63) is 42.0 Å². The van der Waals surface area contributed by atoms with Gasteiger partial charge in [0.2, 0.25) is 0 Å². The Balaban J connectivity index is 2.30. The smallest absolute Gasteiger partial charge is 0.149 e. The molecule has 0 bridgehead atoms. The van der Waals surface area contributed by atoms with Crippen molar-refractivity contribution in [3.63, 3.8) is 0 Å². The maximum atomic E-state index is 13.2. The van der Waals surface area contributed by atoms with Crippen molar-refractivity contribution in [2.75, 3.05) is 18.0 Å². The van der Waals surface area contributed by atoms with Crippen molar-refractivity contribution < 1.29 is 8.78 Å². The van der Waals surface area contributed by atoms with Crippen molar-refractivity contribution in [3.8, 4) is 0 Å². The number of rotatable bonds is 1. The minimum Gasteiger partial charge on any atom is -0.362 e. The summed E-state index contributed by atoms with van der Waals surface area (Å²) in [6, 6.07) is 3.65. The summed E-state index contributed by atoms with van der Waals surface area (Å²) in [5.41, 5.74) is 0.464. The number of nitrogens with zero attached hydrogens (tertiary/aromatic N) is 1. The Bertz CT molecular complexity index is 339. The highest BCUT2D eigenvalue weighted by molar-refractivity contribution is 5.50. The first kappa shape index (κ1) is 8.23. The molecule has 0 spiro atoms. The molecule has 68 valence electrons. The summed E-state index contributed by atoms with van der Waals surface area (Å²) in [5, 5.41) is 0. The molecule has 1 heterocycles. The molecule has 1 aliphatic rings. The van der Waals surface area contributed by atoms with Gasteiger partial charge in [-0.15, -0.1) is 0 Å². The largest absolute Gasteiger partial charge is 0.362 e. The Labute approximate surface area is 75.3 Å². The highest BCUT2D eigenvalue weighted by atomic mass is 19.1. The quantitative estimate of drug-likeness (QED) is 0.601. The third kappa shape index (κ3) is 1.54. The van der Waals surface area contributed by atoms with Crippen LogP contribution in [0.2, 0.25) is 0 Å². The maximum Gasteiger partial charge on any atom is 0.149 e. The normalized spacial score (nSPS) is 15.4. The minimum atomic E-state index is -0.534. The van der Waals surface area contributed by atoms with E-state index >= 15 is 0 Å². The first-order valence-corrected chi connectivity index (χ1v) is 4.12. The summed E-state index contributed by atoms with van der Waals surface area (Å²) in [4.78, 5) is 1.84. The zero-order valence-corrected chi connectivity index (χ0v) is 7.00. The van der Waals surface area contributed by atoms with Crippen molar-refractivity contribution in [1.82, 2.24) is 0 Å². The zero-order chi connectivity index (χ0) is 9.26. The van der Waals surface area contributed by atoms with Crippen molar-refractivity contribution in [2.24, 2.45) is 0 Å². The lowest BCUT2D eigenvalue weighted by Gasteiger charge is -2.17. The molecule has 0 amide bonds. The van der Waals surface area contributed by atoms with Crippen LogP contribution < -0.4 is 4.90 Å². The average molecular weight is 181 g/mol. The molecule has 1 aromatic carbocycles. The second-order valence-electron chi connectivity index (χ2n) is 2.97. The summed E-state index contributed by atoms with van der Waals surface area (Å²) >= 11 is 0. The van der Waals surface area contributed by atoms with E-state index in [9.17, 15) is 8.78 Å². The van der Waals surface area contributed by atoms with Crippen molar-refractivity contribution >= 4 is 5.69 Å². The lowest BCUT2D eigenvalue weighted by atomic mass is 10.2. The van der Waals surface area contributed by atoms with Crippen LogP contribution in [0.4, 0.5) is 14.5 Å². The van der Waals surface area contributed by atoms with E-state index in [1.54, 1.807) is 0 Å². The lowest BCUT2D eigenvalue weighted by molar-refractivity contribution is 0.581. The Morgan fingerprint density at radius 2 is 1.77 bits per heavy atom. The highest BCUT2D eigenvalue weighted by Crippen LogP contribution is 2.21. The minimum absolute atomic E-state index is 0.464. The van der Waals surface area contributed by atoms with Crippen LogP contribution in [0.1, 0.15) is 0 Å². The predicted octanol–water partition coefficient (Wildman–Crippen LogP) is 2.34. The molecule has 3 heteroatoms. The van der Waals surface area contributed by atoms with Gasteiger partial charge in [-0.25, -0.2) is 8.78 Å². The van der Waals surface area contributed by atoms with Gasteiger partial charge >= 0.3 is 0 Å². The van der Waals surface area contributed by atoms with Crippen molar-refractivity contribution in [2.45, 2.75) is 0 Å². The second kappa shape index (κ2) is 3.17. The topological polar surface area (TPSA) is 3.24 Å². The summed E-state index contributed by atoms with van der Waals surface area (Å²) in [6.07, 6.45) is 3.92. The molecule has 1 aliphatic heterocycles. The number of hydrogen-bond acceptors (Lipinski definition) is 1. The molecular formula is C10H9F2N. The van der Waals surface area contributed by atoms with Crippen LogP contribution in [-0.4, -0.2) is 13.1 Å². The first-order valence-electron chi connectivity index (χ1n) is 4.12. The van der Waals surface area contributed by atoms with E-state index in [2.05, 4.69) is 0 Å². The van der Waals surface area contributed by atoms with Crippen LogP contribution in [-0.2, 0) is 0 Å². The molecule has 13 heavy (non-hydrogen) atoms. The van der Waals surface area contributed by atoms with Gasteiger partial charge in [0.1, 0.15) is 11.6 Å². The molecule has 0 saturated heterocycles. The molecule has 0 radical (unpaired) electrons. The number of hydrogen-bond donors (Lipinski definition) is 0. The van der Waals surface area contributed by atoms with Crippen LogP contribution in [0.25, 0.3) is 0 Å². The van der Waals surface area contributed by atoms with E-state index in [1.165, 1.54) is 12.1 Å². The fraction of sp³-hybridized carbons (Fsp3) is 0.200. The Kier molecular flexibility index (Phi) is 2.00. The summed E-state index contributed by atoms with van der Waals surface area (Å²) in [5.74, 6) is -1.03. The molecule has 2 rings (SSSR count). The van der Waals surface area contributed by atoms with E-state index in [4.69, 9.17) is 0 Å². The molecule has 0 saturated carbocycles. The van der Waals surface area contributed by atoms with Crippen LogP contribution in [0.5, 0.6) is 0 Å². The fourth-order valence-electron chi connectivity index (χ4n) is 1.41. The van der Waals surface area contributed by atoms with Gasteiger partial charge in [0.15, 0.2) is 0 Å². The molecule has 1 aromatic rings. The van der Waals surface area contributed by atoms with Gasteiger partial charge in [-0.1, -0.05) is 12.2 Å². The fourth-order valence-corrected chi connectivity index (χ4v) is 1.41. The van der Waals surface area contributed by atoms with E-state index in [0.29, 0.717) is 18.8 Å². The maximum absolute atomic E-state index is 13.2. The van der Waals surface area contributed by atoms with Gasteiger partial charge in [-0.3, -0.25) is 0 Å². The molecular weight excluding hydrogens is 172 g/mol. The number of anilines is 1. The third-order valence-corrected chi connectivity index (χ3v) is 2.07. The lowest BCUT2D eigenvalue weighted by Crippen LogP contribution is -2.19. The molecule has 0 N–H and O–H groups in total. The zero-order valence-electron chi connectivity index (χ0n) is 7.00. The molecule has 0 aliphatic carbocycles. The van der Waals surface area contributed by atoms with Gasteiger partial charge in [0, 0.05) is 19.2 Å². The Morgan fingerprint density at radius 1 is 1.08 bits per heavy atom. The molecule has 0 aromatic heterocycles. The van der Waals surface area contributed by atoms with Crippen LogP contribution in [0.15, 0.2) is 30.4 Å². The first-order chi connectivity index (χ1) is 6.27. The van der Waals surface area contributed by atoms with E-state index in [-0.39, 0.29) is 0 Å². The van der Waals surface area contributed by atoms with Gasteiger partial charge < -0.3 is 4.90 Å². The average Bonchev–Trinajstić information content (AvgIpc) is 2.56. The standard InChI is InChI=1S/C10H9F2N/c11-8-3-4-10(9(12)7-8)13-5-1-2-6-13/h1-4,7H,5-6H2. The Hall–Kier alpha value is -1.38. The van der Waals surface area contributed by atoms with Gasteiger partial charge in [0.25, 0.3) is 0 Å². The van der Waals surface area contributed by atoms with Gasteiger partial charge in [-0.05, 0) is 12.1 Å². The molecule has 0 fully saturated rings.